The molecule has 2 aromatic rings. The van der Waals surface area contributed by atoms with Crippen LogP contribution in [0.1, 0.15) is 37.4 Å². The van der Waals surface area contributed by atoms with Gasteiger partial charge in [0.05, 0.1) is 13.2 Å². The molecule has 1 amide bonds. The van der Waals surface area contributed by atoms with Crippen molar-refractivity contribution in [2.45, 2.75) is 39.3 Å². The average molecular weight is 377 g/mol. The first-order valence-corrected chi connectivity index (χ1v) is 8.91. The van der Waals surface area contributed by atoms with E-state index >= 15 is 0 Å². The van der Waals surface area contributed by atoms with Crippen LogP contribution >= 0.6 is 0 Å². The van der Waals surface area contributed by atoms with Crippen LogP contribution in [0.5, 0.6) is 11.5 Å². The minimum atomic E-state index is -2.84. The molecule has 6 heteroatoms. The van der Waals surface area contributed by atoms with Crippen LogP contribution in [-0.4, -0.2) is 31.1 Å². The predicted molar refractivity (Wildman–Crippen MR) is 100 cm³/mol. The Balaban J connectivity index is 1.97. The first-order chi connectivity index (χ1) is 12.9. The predicted octanol–water partition coefficient (Wildman–Crippen LogP) is 4.84. The van der Waals surface area contributed by atoms with Crippen molar-refractivity contribution in [1.29, 1.82) is 0 Å². The summed E-state index contributed by atoms with van der Waals surface area (Å²) < 4.78 is 34.0. The van der Waals surface area contributed by atoms with E-state index in [1.807, 2.05) is 43.0 Å². The topological polar surface area (TPSA) is 38.8 Å². The van der Waals surface area contributed by atoms with Crippen LogP contribution in [0.25, 0.3) is 0 Å². The van der Waals surface area contributed by atoms with E-state index < -0.39 is 6.61 Å². The molecule has 0 heterocycles. The highest BCUT2D eigenvalue weighted by atomic mass is 19.3. The van der Waals surface area contributed by atoms with Crippen LogP contribution in [0.3, 0.4) is 0 Å². The monoisotopic (exact) mass is 377 g/mol. The molecule has 4 nitrogen and oxygen atoms in total. The van der Waals surface area contributed by atoms with Gasteiger partial charge < -0.3 is 14.4 Å². The molecular formula is C21H25F2NO3. The second kappa shape index (κ2) is 9.90. The van der Waals surface area contributed by atoms with Gasteiger partial charge in [0.15, 0.2) is 0 Å². The maximum atomic E-state index is 12.7. The Labute approximate surface area is 158 Å². The molecule has 1 atom stereocenters. The summed E-state index contributed by atoms with van der Waals surface area (Å²) in [5, 5.41) is 0. The Morgan fingerprint density at radius 2 is 1.81 bits per heavy atom. The van der Waals surface area contributed by atoms with Gasteiger partial charge in [-0.25, -0.2) is 0 Å². The molecule has 2 rings (SSSR count). The Hall–Kier alpha value is -2.63. The summed E-state index contributed by atoms with van der Waals surface area (Å²) in [4.78, 5) is 14.5. The molecular weight excluding hydrogens is 352 g/mol. The van der Waals surface area contributed by atoms with Gasteiger partial charge in [-0.15, -0.1) is 0 Å². The van der Waals surface area contributed by atoms with Gasteiger partial charge in [0.25, 0.3) is 0 Å². The van der Waals surface area contributed by atoms with Gasteiger partial charge in [0, 0.05) is 13.0 Å². The highest BCUT2D eigenvalue weighted by molar-refractivity contribution is 5.77. The zero-order chi connectivity index (χ0) is 19.8. The second-order valence-electron chi connectivity index (χ2n) is 6.15. The number of nitrogens with zero attached hydrogens (tertiary/aromatic N) is 1. The number of ether oxygens (including phenoxy) is 2. The molecule has 2 aromatic carbocycles. The number of hydrogen-bond donors (Lipinski definition) is 0. The molecule has 0 aromatic heterocycles. The molecule has 1 unspecified atom stereocenters. The van der Waals surface area contributed by atoms with Gasteiger partial charge >= 0.3 is 6.61 Å². The zero-order valence-corrected chi connectivity index (χ0v) is 15.8. The lowest BCUT2D eigenvalue weighted by Gasteiger charge is -2.29. The smallest absolute Gasteiger partial charge is 0.387 e. The molecule has 0 aliphatic heterocycles. The molecule has 0 saturated carbocycles. The van der Waals surface area contributed by atoms with E-state index in [1.165, 1.54) is 12.1 Å². The molecule has 0 N–H and O–H groups in total. The van der Waals surface area contributed by atoms with Crippen molar-refractivity contribution >= 4 is 5.91 Å². The lowest BCUT2D eigenvalue weighted by Crippen LogP contribution is -2.33. The third-order valence-corrected chi connectivity index (χ3v) is 4.48. The van der Waals surface area contributed by atoms with Crippen molar-refractivity contribution in [1.82, 2.24) is 4.90 Å². The fourth-order valence-electron chi connectivity index (χ4n) is 2.98. The first kappa shape index (κ1) is 20.7. The summed E-state index contributed by atoms with van der Waals surface area (Å²) >= 11 is 0. The van der Waals surface area contributed by atoms with Gasteiger partial charge in [-0.3, -0.25) is 4.79 Å². The third-order valence-electron chi connectivity index (χ3n) is 4.48. The van der Waals surface area contributed by atoms with Gasteiger partial charge in [0.2, 0.25) is 5.91 Å². The molecule has 0 bridgehead atoms. The molecule has 27 heavy (non-hydrogen) atoms. The maximum Gasteiger partial charge on any atom is 0.387 e. The lowest BCUT2D eigenvalue weighted by atomic mass is 10.0. The van der Waals surface area contributed by atoms with E-state index in [0.717, 1.165) is 16.9 Å². The Bertz CT molecular complexity index is 734. The zero-order valence-electron chi connectivity index (χ0n) is 15.8. The van der Waals surface area contributed by atoms with Gasteiger partial charge in [-0.2, -0.15) is 8.78 Å². The number of amides is 1. The second-order valence-corrected chi connectivity index (χ2v) is 6.15. The van der Waals surface area contributed by atoms with Crippen LogP contribution in [-0.2, 0) is 11.2 Å². The van der Waals surface area contributed by atoms with E-state index in [-0.39, 0.29) is 17.7 Å². The summed E-state index contributed by atoms with van der Waals surface area (Å²) in [7, 11) is 1.62. The Morgan fingerprint density at radius 1 is 1.11 bits per heavy atom. The fraction of sp³-hybridized carbons (Fsp3) is 0.381. The van der Waals surface area contributed by atoms with Gasteiger partial charge in [0.1, 0.15) is 11.5 Å². The highest BCUT2D eigenvalue weighted by Crippen LogP contribution is 2.25. The molecule has 0 fully saturated rings. The summed E-state index contributed by atoms with van der Waals surface area (Å²) in [5.41, 5.74) is 1.91. The van der Waals surface area contributed by atoms with Crippen LogP contribution in [0.2, 0.25) is 0 Å². The summed E-state index contributed by atoms with van der Waals surface area (Å²) in [6, 6.07) is 14.0. The van der Waals surface area contributed by atoms with E-state index in [2.05, 4.69) is 4.74 Å². The minimum absolute atomic E-state index is 0.0423. The van der Waals surface area contributed by atoms with Crippen LogP contribution in [0.4, 0.5) is 8.78 Å². The quantitative estimate of drug-likeness (QED) is 0.628. The highest BCUT2D eigenvalue weighted by Gasteiger charge is 2.20. The number of hydrogen-bond acceptors (Lipinski definition) is 3. The molecule has 0 radical (unpaired) electrons. The fourth-order valence-corrected chi connectivity index (χ4v) is 2.98. The van der Waals surface area contributed by atoms with Crippen molar-refractivity contribution in [3.63, 3.8) is 0 Å². The summed E-state index contributed by atoms with van der Waals surface area (Å²) in [6.45, 7) is 1.70. The Morgan fingerprint density at radius 3 is 2.41 bits per heavy atom. The van der Waals surface area contributed by atoms with E-state index in [4.69, 9.17) is 4.74 Å². The molecule has 0 aliphatic rings. The minimum Gasteiger partial charge on any atom is -0.497 e. The van der Waals surface area contributed by atoms with Crippen molar-refractivity contribution in [2.24, 2.45) is 0 Å². The maximum absolute atomic E-state index is 12.7. The third kappa shape index (κ3) is 5.94. The van der Waals surface area contributed by atoms with E-state index in [9.17, 15) is 13.6 Å². The van der Waals surface area contributed by atoms with Crippen LogP contribution in [0, 0.1) is 0 Å². The number of aryl methyl sites for hydroxylation is 1. The van der Waals surface area contributed by atoms with Crippen molar-refractivity contribution in [3.05, 3.63) is 59.7 Å². The van der Waals surface area contributed by atoms with E-state index in [0.29, 0.717) is 19.4 Å². The van der Waals surface area contributed by atoms with Crippen molar-refractivity contribution < 1.29 is 23.0 Å². The number of alkyl halides is 2. The Kier molecular flexibility index (Phi) is 7.58. The van der Waals surface area contributed by atoms with Crippen molar-refractivity contribution in [2.75, 3.05) is 13.7 Å². The average Bonchev–Trinajstić information content (AvgIpc) is 2.67. The van der Waals surface area contributed by atoms with Crippen LogP contribution in [0.15, 0.2) is 48.5 Å². The molecule has 146 valence electrons. The number of rotatable bonds is 9. The van der Waals surface area contributed by atoms with Crippen molar-refractivity contribution in [3.8, 4) is 11.5 Å². The first-order valence-electron chi connectivity index (χ1n) is 8.91. The van der Waals surface area contributed by atoms with E-state index in [1.54, 1.807) is 19.2 Å². The number of halogens is 2. The molecule has 0 aliphatic carbocycles. The number of carbonyl (C=O) groups is 1. The summed E-state index contributed by atoms with van der Waals surface area (Å²) in [5.74, 6) is 0.914. The summed E-state index contributed by atoms with van der Waals surface area (Å²) in [6.07, 6.45) is 0.881. The van der Waals surface area contributed by atoms with Gasteiger partial charge in [-0.05, 0) is 55.7 Å². The van der Waals surface area contributed by atoms with Crippen LogP contribution < -0.4 is 9.47 Å². The SMILES string of the molecule is CCN(C(=O)CCc1ccc(OC(F)F)cc1)C(C)c1cccc(OC)c1. The standard InChI is InChI=1S/C21H25F2NO3/c1-4-24(15(2)17-6-5-7-19(14-17)26-3)20(25)13-10-16-8-11-18(12-9-16)27-21(22)23/h5-9,11-12,14-15,21H,4,10,13H2,1-3H3. The lowest BCUT2D eigenvalue weighted by molar-refractivity contribution is -0.133. The van der Waals surface area contributed by atoms with Gasteiger partial charge in [-0.1, -0.05) is 24.3 Å². The number of benzene rings is 2. The molecule has 0 spiro atoms. The molecule has 0 saturated heterocycles. The normalized spacial score (nSPS) is 11.9. The number of carbonyl (C=O) groups excluding carboxylic acids is 1. The number of methoxy groups -OCH3 is 1. The largest absolute Gasteiger partial charge is 0.497 e.